The van der Waals surface area contributed by atoms with Crippen molar-refractivity contribution in [2.45, 2.75) is 6.04 Å². The zero-order valence-electron chi connectivity index (χ0n) is 17.2. The number of aromatic nitrogens is 1. The zero-order valence-corrected chi connectivity index (χ0v) is 17.9. The lowest BCUT2D eigenvalue weighted by Gasteiger charge is -2.26. The predicted octanol–water partition coefficient (Wildman–Crippen LogP) is 4.61. The predicted molar refractivity (Wildman–Crippen MR) is 120 cm³/mol. The highest BCUT2D eigenvalue weighted by Crippen LogP contribution is 2.45. The highest BCUT2D eigenvalue weighted by Gasteiger charge is 2.45. The summed E-state index contributed by atoms with van der Waals surface area (Å²) in [6.45, 7) is 0. The van der Waals surface area contributed by atoms with E-state index in [1.54, 1.807) is 54.7 Å². The Balaban J connectivity index is 1.87. The van der Waals surface area contributed by atoms with Crippen LogP contribution < -0.4 is 19.8 Å². The largest absolute Gasteiger partial charge is 0.493 e. The number of ether oxygens (including phenoxy) is 2. The molecule has 1 aliphatic heterocycles. The molecular weight excluding hydrogens is 432 g/mol. The van der Waals surface area contributed by atoms with Gasteiger partial charge in [0.05, 0.1) is 25.2 Å². The molecule has 0 saturated carbocycles. The fourth-order valence-electron chi connectivity index (χ4n) is 4.10. The number of anilines is 1. The molecule has 1 aliphatic rings. The topological polar surface area (TPSA) is 81.9 Å². The highest BCUT2D eigenvalue weighted by atomic mass is 35.5. The lowest BCUT2D eigenvalue weighted by molar-refractivity contribution is 0.0970. The second-order valence-electron chi connectivity index (χ2n) is 7.16. The van der Waals surface area contributed by atoms with Crippen LogP contribution in [0.25, 0.3) is 11.0 Å². The van der Waals surface area contributed by atoms with Crippen LogP contribution in [0.4, 0.5) is 5.82 Å². The van der Waals surface area contributed by atoms with Crippen molar-refractivity contribution >= 4 is 34.3 Å². The summed E-state index contributed by atoms with van der Waals surface area (Å²) in [5.41, 5.74) is 0.705. The molecule has 2 aromatic carbocycles. The molecule has 160 valence electrons. The third-order valence-electron chi connectivity index (χ3n) is 5.46. The lowest BCUT2D eigenvalue weighted by Crippen LogP contribution is -2.30. The Morgan fingerprint density at radius 3 is 2.59 bits per heavy atom. The minimum absolute atomic E-state index is 0.0367. The van der Waals surface area contributed by atoms with E-state index >= 15 is 0 Å². The van der Waals surface area contributed by atoms with E-state index in [-0.39, 0.29) is 22.3 Å². The van der Waals surface area contributed by atoms with Crippen LogP contribution in [0.5, 0.6) is 11.5 Å². The normalized spacial score (nSPS) is 15.2. The Morgan fingerprint density at radius 1 is 1.03 bits per heavy atom. The average Bonchev–Trinajstić information content (AvgIpc) is 3.11. The molecule has 7 nitrogen and oxygen atoms in total. The summed E-state index contributed by atoms with van der Waals surface area (Å²) in [4.78, 5) is 33.0. The molecule has 3 heterocycles. The molecule has 1 unspecified atom stereocenters. The molecule has 2 aromatic heterocycles. The number of fused-ring (bicyclic) bond motifs is 2. The van der Waals surface area contributed by atoms with Gasteiger partial charge in [-0.05, 0) is 36.4 Å². The SMILES string of the molecule is COc1cccc(C2c3c(oc4ccc(Cl)cc4c3=O)C(=O)N2c2ccccn2)c1OC. The first-order valence-corrected chi connectivity index (χ1v) is 10.1. The van der Waals surface area contributed by atoms with Gasteiger partial charge in [0.25, 0.3) is 5.91 Å². The maximum atomic E-state index is 13.6. The molecule has 0 saturated heterocycles. The summed E-state index contributed by atoms with van der Waals surface area (Å²) in [5.74, 6) is 0.750. The minimum atomic E-state index is -0.836. The summed E-state index contributed by atoms with van der Waals surface area (Å²) in [7, 11) is 3.03. The number of amides is 1. The first-order chi connectivity index (χ1) is 15.5. The fraction of sp³-hybridized carbons (Fsp3) is 0.125. The number of hydrogen-bond acceptors (Lipinski definition) is 6. The third-order valence-corrected chi connectivity index (χ3v) is 5.69. The van der Waals surface area contributed by atoms with Crippen molar-refractivity contribution in [3.8, 4) is 11.5 Å². The Bertz CT molecular complexity index is 1420. The summed E-state index contributed by atoms with van der Waals surface area (Å²) < 4.78 is 17.0. The van der Waals surface area contributed by atoms with E-state index in [0.717, 1.165) is 0 Å². The van der Waals surface area contributed by atoms with Gasteiger partial charge in [-0.15, -0.1) is 0 Å². The van der Waals surface area contributed by atoms with Gasteiger partial charge in [0.2, 0.25) is 5.76 Å². The fourth-order valence-corrected chi connectivity index (χ4v) is 4.27. The van der Waals surface area contributed by atoms with E-state index < -0.39 is 11.9 Å². The quantitative estimate of drug-likeness (QED) is 0.453. The molecular formula is C24H17ClN2O5. The van der Waals surface area contributed by atoms with Crippen molar-refractivity contribution in [1.82, 2.24) is 4.98 Å². The van der Waals surface area contributed by atoms with Gasteiger partial charge in [-0.2, -0.15) is 0 Å². The van der Waals surface area contributed by atoms with E-state index in [1.165, 1.54) is 25.2 Å². The lowest BCUT2D eigenvalue weighted by atomic mass is 9.97. The molecule has 1 amide bonds. The standard InChI is InChI=1S/C24H17ClN2O5/c1-30-17-7-5-6-14(22(17)31-2)20-19-21(28)15-12-13(25)9-10-16(15)32-23(19)24(29)27(20)18-8-3-4-11-26-18/h3-12,20H,1-2H3. The molecule has 0 spiro atoms. The Kier molecular flexibility index (Phi) is 4.83. The monoisotopic (exact) mass is 448 g/mol. The number of carbonyl (C=O) groups is 1. The number of carbonyl (C=O) groups excluding carboxylic acids is 1. The molecule has 1 atom stereocenters. The van der Waals surface area contributed by atoms with E-state index in [0.29, 0.717) is 33.3 Å². The number of benzene rings is 2. The molecule has 0 radical (unpaired) electrons. The van der Waals surface area contributed by atoms with Crippen LogP contribution in [0.15, 0.2) is 70.0 Å². The van der Waals surface area contributed by atoms with Crippen molar-refractivity contribution in [3.63, 3.8) is 0 Å². The molecule has 0 aliphatic carbocycles. The average molecular weight is 449 g/mol. The summed E-state index contributed by atoms with van der Waals surface area (Å²) in [5, 5.41) is 0.685. The van der Waals surface area contributed by atoms with Crippen LogP contribution in [0.3, 0.4) is 0 Å². The van der Waals surface area contributed by atoms with Gasteiger partial charge in [0.15, 0.2) is 16.9 Å². The molecule has 8 heteroatoms. The van der Waals surface area contributed by atoms with Gasteiger partial charge < -0.3 is 13.9 Å². The van der Waals surface area contributed by atoms with Crippen LogP contribution in [0, 0.1) is 0 Å². The molecule has 4 aromatic rings. The van der Waals surface area contributed by atoms with E-state index in [4.69, 9.17) is 25.5 Å². The van der Waals surface area contributed by atoms with E-state index in [9.17, 15) is 9.59 Å². The van der Waals surface area contributed by atoms with E-state index in [1.807, 2.05) is 0 Å². The number of para-hydroxylation sites is 1. The van der Waals surface area contributed by atoms with Crippen molar-refractivity contribution in [3.05, 3.63) is 92.9 Å². The van der Waals surface area contributed by atoms with Crippen LogP contribution >= 0.6 is 11.6 Å². The van der Waals surface area contributed by atoms with Crippen LogP contribution in [-0.2, 0) is 0 Å². The first kappa shape index (κ1) is 20.1. The van der Waals surface area contributed by atoms with E-state index in [2.05, 4.69) is 4.98 Å². The van der Waals surface area contributed by atoms with Crippen molar-refractivity contribution < 1.29 is 18.7 Å². The summed E-state index contributed by atoms with van der Waals surface area (Å²) >= 11 is 6.13. The van der Waals surface area contributed by atoms with Gasteiger partial charge in [0.1, 0.15) is 17.4 Å². The zero-order chi connectivity index (χ0) is 22.4. The summed E-state index contributed by atoms with van der Waals surface area (Å²) in [6.07, 6.45) is 1.58. The van der Waals surface area contributed by atoms with Crippen molar-refractivity contribution in [1.29, 1.82) is 0 Å². The summed E-state index contributed by atoms with van der Waals surface area (Å²) in [6, 6.07) is 14.4. The maximum Gasteiger partial charge on any atom is 0.296 e. The van der Waals surface area contributed by atoms with Gasteiger partial charge in [-0.3, -0.25) is 14.5 Å². The molecule has 32 heavy (non-hydrogen) atoms. The van der Waals surface area contributed by atoms with Crippen LogP contribution in [0.1, 0.15) is 27.7 Å². The number of nitrogens with zero attached hydrogens (tertiary/aromatic N) is 2. The smallest absolute Gasteiger partial charge is 0.296 e. The first-order valence-electron chi connectivity index (χ1n) is 9.77. The minimum Gasteiger partial charge on any atom is -0.493 e. The molecule has 0 N–H and O–H groups in total. The molecule has 0 bridgehead atoms. The highest BCUT2D eigenvalue weighted by molar-refractivity contribution is 6.31. The van der Waals surface area contributed by atoms with Crippen molar-refractivity contribution in [2.75, 3.05) is 19.1 Å². The Labute approximate surface area is 187 Å². The van der Waals surface area contributed by atoms with Gasteiger partial charge in [0, 0.05) is 16.8 Å². The molecule has 5 rings (SSSR count). The van der Waals surface area contributed by atoms with Crippen molar-refractivity contribution in [2.24, 2.45) is 0 Å². The number of methoxy groups -OCH3 is 2. The second kappa shape index (κ2) is 7.69. The molecule has 0 fully saturated rings. The Hall–Kier alpha value is -3.84. The van der Waals surface area contributed by atoms with Gasteiger partial charge >= 0.3 is 0 Å². The number of rotatable bonds is 4. The number of pyridine rings is 1. The number of halogens is 1. The number of hydrogen-bond donors (Lipinski definition) is 0. The maximum absolute atomic E-state index is 13.6. The van der Waals surface area contributed by atoms with Crippen LogP contribution in [-0.4, -0.2) is 25.1 Å². The third kappa shape index (κ3) is 2.93. The second-order valence-corrected chi connectivity index (χ2v) is 7.60. The van der Waals surface area contributed by atoms with Gasteiger partial charge in [-0.25, -0.2) is 4.98 Å². The Morgan fingerprint density at radius 2 is 1.88 bits per heavy atom. The van der Waals surface area contributed by atoms with Gasteiger partial charge in [-0.1, -0.05) is 29.8 Å². The van der Waals surface area contributed by atoms with Crippen LogP contribution in [0.2, 0.25) is 5.02 Å².